The first-order valence-electron chi connectivity index (χ1n) is 20.4. The molecule has 8 rings (SSSR count). The molecule has 1 aliphatic carbocycles. The summed E-state index contributed by atoms with van der Waals surface area (Å²) in [5.74, 6) is -0.669. The van der Waals surface area contributed by atoms with Crippen molar-refractivity contribution < 1.29 is 50.3 Å². The number of aromatic nitrogens is 2. The predicted octanol–water partition coefficient (Wildman–Crippen LogP) is 9.22. The lowest BCUT2D eigenvalue weighted by Gasteiger charge is -2.21. The van der Waals surface area contributed by atoms with E-state index in [1.165, 1.54) is 29.4 Å². The number of carbonyl (C=O) groups excluding carboxylic acids is 4. The molecule has 1 amide bonds. The van der Waals surface area contributed by atoms with Crippen molar-refractivity contribution in [1.82, 2.24) is 14.9 Å². The number of fused-ring (bicyclic) bond motifs is 3. The van der Waals surface area contributed by atoms with Gasteiger partial charge in [0, 0.05) is 53.4 Å². The Kier molecular flexibility index (Phi) is 12.9. The normalized spacial score (nSPS) is 12.7. The molecular weight excluding hydrogens is 879 g/mol. The maximum Gasteiger partial charge on any atom is 0.306 e. The molecule has 0 fully saturated rings. The number of anilines is 2. The molecule has 1 aliphatic rings. The minimum Gasteiger partial charge on any atom is -0.487 e. The van der Waals surface area contributed by atoms with Gasteiger partial charge in [-0.1, -0.05) is 48.0 Å². The van der Waals surface area contributed by atoms with Gasteiger partial charge in [0.2, 0.25) is 11.7 Å². The summed E-state index contributed by atoms with van der Waals surface area (Å²) >= 11 is 6.54. The minimum atomic E-state index is -3.44. The lowest BCUT2D eigenvalue weighted by atomic mass is 9.88. The number of carbonyl (C=O) groups is 4. The Morgan fingerprint density at radius 1 is 0.877 bits per heavy atom. The summed E-state index contributed by atoms with van der Waals surface area (Å²) < 4.78 is 61.1. The molecule has 0 saturated carbocycles. The topological polar surface area (TPSA) is 188 Å². The van der Waals surface area contributed by atoms with Gasteiger partial charge in [-0.15, -0.1) is 0 Å². The number of nitrogens with one attached hydrogen (secondary N) is 1. The van der Waals surface area contributed by atoms with E-state index in [2.05, 4.69) is 15.3 Å². The molecule has 7 aromatic rings. The highest BCUT2D eigenvalue weighted by atomic mass is 35.5. The zero-order chi connectivity index (χ0) is 45.8. The number of halogens is 2. The molecule has 0 saturated heterocycles. The predicted molar refractivity (Wildman–Crippen MR) is 238 cm³/mol. The van der Waals surface area contributed by atoms with Crippen LogP contribution in [0.15, 0.2) is 118 Å². The number of amides is 1. The Hall–Kier alpha value is -7.17. The van der Waals surface area contributed by atoms with Crippen LogP contribution in [0.5, 0.6) is 5.75 Å². The van der Waals surface area contributed by atoms with Crippen LogP contribution in [0, 0.1) is 5.82 Å². The second kappa shape index (κ2) is 18.9. The average Bonchev–Trinajstić information content (AvgIpc) is 3.95. The van der Waals surface area contributed by atoms with Gasteiger partial charge in [-0.3, -0.25) is 19.2 Å². The summed E-state index contributed by atoms with van der Waals surface area (Å²) in [6.07, 6.45) is 1.45. The summed E-state index contributed by atoms with van der Waals surface area (Å²) in [4.78, 5) is 62.6. The Morgan fingerprint density at radius 3 is 2.45 bits per heavy atom. The standard InChI is InChI=1S/C48H40ClFN4O10S/c1-28(42-24-37-45(57)34-9-3-4-10-35(34)46(58)47(37)64-42)62-44(56)12-6-11-43(55)54(19-20-65(2,59)60)25-33-15-18-40(63-33)30-13-16-39-36(22-30)48(52-27-51-39)53-32-14-17-41(38(49)23-32)61-26-29-7-5-8-31(50)21-29/h3-5,7-10,13-18,21-24,27-28H,6,11-12,19-20,25-26H2,1-2H3,(H,51,52,53). The van der Waals surface area contributed by atoms with Crippen LogP contribution in [0.2, 0.25) is 5.02 Å². The molecule has 3 heterocycles. The third kappa shape index (κ3) is 10.5. The van der Waals surface area contributed by atoms with Gasteiger partial charge in [-0.25, -0.2) is 22.8 Å². The van der Waals surface area contributed by atoms with Crippen molar-refractivity contribution in [3.05, 3.63) is 160 Å². The number of hydrogen-bond acceptors (Lipinski definition) is 13. The largest absolute Gasteiger partial charge is 0.487 e. The second-order valence-electron chi connectivity index (χ2n) is 15.4. The highest BCUT2D eigenvalue weighted by Gasteiger charge is 2.34. The number of ketones is 2. The molecule has 65 heavy (non-hydrogen) atoms. The molecule has 17 heteroatoms. The molecular formula is C48H40ClFN4O10S. The van der Waals surface area contributed by atoms with Gasteiger partial charge in [-0.05, 0) is 85.6 Å². The van der Waals surface area contributed by atoms with Crippen molar-refractivity contribution >= 4 is 67.3 Å². The smallest absolute Gasteiger partial charge is 0.306 e. The molecule has 1 atom stereocenters. The fourth-order valence-corrected chi connectivity index (χ4v) is 8.04. The van der Waals surface area contributed by atoms with Crippen molar-refractivity contribution in [3.8, 4) is 17.1 Å². The van der Waals surface area contributed by atoms with Crippen LogP contribution in [-0.2, 0) is 37.3 Å². The van der Waals surface area contributed by atoms with Crippen LogP contribution >= 0.6 is 11.6 Å². The van der Waals surface area contributed by atoms with Gasteiger partial charge in [-0.2, -0.15) is 0 Å². The molecule has 1 unspecified atom stereocenters. The number of furan rings is 2. The summed E-state index contributed by atoms with van der Waals surface area (Å²) in [7, 11) is -3.44. The van der Waals surface area contributed by atoms with E-state index in [1.807, 2.05) is 18.2 Å². The van der Waals surface area contributed by atoms with Crippen LogP contribution in [0.4, 0.5) is 15.9 Å². The zero-order valence-electron chi connectivity index (χ0n) is 35.0. The van der Waals surface area contributed by atoms with Crippen molar-refractivity contribution in [3.63, 3.8) is 0 Å². The van der Waals surface area contributed by atoms with E-state index in [0.717, 1.165) is 6.26 Å². The maximum atomic E-state index is 13.6. The average molecular weight is 919 g/mol. The summed E-state index contributed by atoms with van der Waals surface area (Å²) in [6.45, 7) is 1.55. The molecule has 1 N–H and O–H groups in total. The van der Waals surface area contributed by atoms with Crippen LogP contribution in [0.3, 0.4) is 0 Å². The first kappa shape index (κ1) is 44.4. The van der Waals surface area contributed by atoms with Gasteiger partial charge in [0.25, 0.3) is 0 Å². The first-order valence-corrected chi connectivity index (χ1v) is 22.9. The summed E-state index contributed by atoms with van der Waals surface area (Å²) in [6, 6.07) is 28.1. The third-order valence-corrected chi connectivity index (χ3v) is 11.8. The van der Waals surface area contributed by atoms with Gasteiger partial charge in [0.15, 0.2) is 17.6 Å². The van der Waals surface area contributed by atoms with Crippen LogP contribution in [0.1, 0.15) is 81.4 Å². The number of rotatable bonds is 17. The quantitative estimate of drug-likeness (QED) is 0.0852. The lowest BCUT2D eigenvalue weighted by Crippen LogP contribution is -2.34. The zero-order valence-corrected chi connectivity index (χ0v) is 36.6. The van der Waals surface area contributed by atoms with E-state index >= 15 is 0 Å². The minimum absolute atomic E-state index is 0.0352. The Labute approximate surface area is 377 Å². The highest BCUT2D eigenvalue weighted by Crippen LogP contribution is 2.35. The van der Waals surface area contributed by atoms with E-state index in [0.29, 0.717) is 55.8 Å². The van der Waals surface area contributed by atoms with E-state index in [1.54, 1.807) is 73.7 Å². The van der Waals surface area contributed by atoms with Gasteiger partial charge >= 0.3 is 5.97 Å². The van der Waals surface area contributed by atoms with Gasteiger partial charge in [0.05, 0.1) is 28.4 Å². The van der Waals surface area contributed by atoms with E-state index in [4.69, 9.17) is 29.9 Å². The van der Waals surface area contributed by atoms with E-state index in [9.17, 15) is 32.0 Å². The molecule has 0 spiro atoms. The fraction of sp³-hybridized carbons (Fsp3) is 0.208. The molecule has 0 bridgehead atoms. The molecule has 0 aliphatic heterocycles. The summed E-state index contributed by atoms with van der Waals surface area (Å²) in [5, 5.41) is 4.28. The fourth-order valence-electron chi connectivity index (χ4n) is 7.25. The number of ether oxygens (including phenoxy) is 2. The Balaban J connectivity index is 0.889. The monoisotopic (exact) mass is 918 g/mol. The number of benzene rings is 4. The van der Waals surface area contributed by atoms with Crippen molar-refractivity contribution in [2.75, 3.05) is 23.9 Å². The Morgan fingerprint density at radius 2 is 1.68 bits per heavy atom. The molecule has 14 nitrogen and oxygen atoms in total. The number of sulfone groups is 1. The summed E-state index contributed by atoms with van der Waals surface area (Å²) in [5.41, 5.74) is 3.22. The number of esters is 1. The Bertz CT molecular complexity index is 3040. The molecule has 4 aromatic carbocycles. The van der Waals surface area contributed by atoms with Crippen molar-refractivity contribution in [1.29, 1.82) is 0 Å². The molecule has 3 aromatic heterocycles. The lowest BCUT2D eigenvalue weighted by molar-refractivity contribution is -0.149. The molecule has 0 radical (unpaired) electrons. The SMILES string of the molecule is CC(OC(=O)CCCC(=O)N(CCS(C)(=O)=O)Cc1ccc(-c2ccc3ncnc(Nc4ccc(OCc5cccc(F)c5)c(Cl)c4)c3c2)o1)c1cc2c(o1)C(=O)c1ccccc1C2=O. The van der Waals surface area contributed by atoms with E-state index in [-0.39, 0.29) is 84.5 Å². The number of hydrogen-bond donors (Lipinski definition) is 1. The van der Waals surface area contributed by atoms with Crippen LogP contribution in [-0.4, -0.2) is 65.3 Å². The van der Waals surface area contributed by atoms with Crippen LogP contribution in [0.25, 0.3) is 22.2 Å². The maximum absolute atomic E-state index is 13.6. The van der Waals surface area contributed by atoms with Gasteiger partial charge in [0.1, 0.15) is 57.4 Å². The van der Waals surface area contributed by atoms with Crippen molar-refractivity contribution in [2.45, 2.75) is 45.4 Å². The third-order valence-electron chi connectivity index (χ3n) is 10.6. The second-order valence-corrected chi connectivity index (χ2v) is 18.1. The number of nitrogens with zero attached hydrogens (tertiary/aromatic N) is 3. The van der Waals surface area contributed by atoms with Crippen molar-refractivity contribution in [2.24, 2.45) is 0 Å². The van der Waals surface area contributed by atoms with E-state index < -0.39 is 33.6 Å². The van der Waals surface area contributed by atoms with Gasteiger partial charge < -0.3 is 28.5 Å². The highest BCUT2D eigenvalue weighted by molar-refractivity contribution is 7.90. The first-order chi connectivity index (χ1) is 31.2. The van der Waals surface area contributed by atoms with Crippen LogP contribution < -0.4 is 10.1 Å². The molecule has 332 valence electrons.